The van der Waals surface area contributed by atoms with E-state index in [9.17, 15) is 9.90 Å². The van der Waals surface area contributed by atoms with Crippen LogP contribution in [0.2, 0.25) is 0 Å². The molecule has 1 atom stereocenters. The Morgan fingerprint density at radius 3 is 2.71 bits per heavy atom. The highest BCUT2D eigenvalue weighted by molar-refractivity contribution is 5.74. The molecule has 5 heteroatoms. The molecule has 0 saturated heterocycles. The van der Waals surface area contributed by atoms with E-state index in [1.165, 1.54) is 0 Å². The second-order valence-electron chi connectivity index (χ2n) is 5.01. The Morgan fingerprint density at radius 1 is 1.29 bits per heavy atom. The topological polar surface area (TPSA) is 74.5 Å². The number of furan rings is 1. The first-order chi connectivity index (χ1) is 10.1. The van der Waals surface area contributed by atoms with Gasteiger partial charge in [0.15, 0.2) is 0 Å². The molecular formula is C16H20N2O3. The molecule has 0 aliphatic heterocycles. The highest BCUT2D eigenvalue weighted by Crippen LogP contribution is 2.11. The fraction of sp³-hybridized carbons (Fsp3) is 0.312. The summed E-state index contributed by atoms with van der Waals surface area (Å²) in [7, 11) is 0. The number of nitrogens with one attached hydrogen (secondary N) is 2. The zero-order valence-electron chi connectivity index (χ0n) is 12.0. The molecule has 2 rings (SSSR count). The van der Waals surface area contributed by atoms with E-state index < -0.39 is 0 Å². The quantitative estimate of drug-likeness (QED) is 0.765. The molecule has 1 heterocycles. The first-order valence-corrected chi connectivity index (χ1v) is 6.98. The van der Waals surface area contributed by atoms with E-state index in [0.29, 0.717) is 6.54 Å². The van der Waals surface area contributed by atoms with Gasteiger partial charge in [0.2, 0.25) is 0 Å². The molecule has 5 nitrogen and oxygen atoms in total. The number of phenols is 1. The lowest BCUT2D eigenvalue weighted by Gasteiger charge is -2.14. The van der Waals surface area contributed by atoms with Gasteiger partial charge in [0.1, 0.15) is 11.5 Å². The number of amides is 2. The van der Waals surface area contributed by atoms with Crippen LogP contribution in [-0.2, 0) is 13.0 Å². The Morgan fingerprint density at radius 2 is 2.05 bits per heavy atom. The van der Waals surface area contributed by atoms with Gasteiger partial charge in [-0.2, -0.15) is 0 Å². The van der Waals surface area contributed by atoms with E-state index in [4.69, 9.17) is 4.42 Å². The van der Waals surface area contributed by atoms with Crippen molar-refractivity contribution in [2.45, 2.75) is 32.4 Å². The van der Waals surface area contributed by atoms with Crippen molar-refractivity contribution in [2.24, 2.45) is 0 Å². The minimum atomic E-state index is -0.204. The number of carbonyl (C=O) groups excluding carboxylic acids is 1. The van der Waals surface area contributed by atoms with Crippen LogP contribution in [0.25, 0.3) is 0 Å². The summed E-state index contributed by atoms with van der Waals surface area (Å²) in [6.45, 7) is 2.34. The number of hydrogen-bond acceptors (Lipinski definition) is 3. The smallest absolute Gasteiger partial charge is 0.315 e. The fourth-order valence-corrected chi connectivity index (χ4v) is 1.97. The van der Waals surface area contributed by atoms with Crippen molar-refractivity contribution in [2.75, 3.05) is 0 Å². The first-order valence-electron chi connectivity index (χ1n) is 6.98. The molecule has 1 unspecified atom stereocenters. The van der Waals surface area contributed by atoms with E-state index in [1.807, 2.05) is 25.1 Å². The average Bonchev–Trinajstić information content (AvgIpc) is 2.98. The van der Waals surface area contributed by atoms with Crippen molar-refractivity contribution >= 4 is 6.03 Å². The molecule has 0 bridgehead atoms. The van der Waals surface area contributed by atoms with E-state index in [1.54, 1.807) is 24.5 Å². The standard InChI is InChI=1S/C16H20N2O3/c1-12(4-5-13-6-8-14(19)9-7-13)18-16(20)17-11-15-3-2-10-21-15/h2-3,6-10,12,19H,4-5,11H2,1H3,(H2,17,18,20). The maximum atomic E-state index is 11.7. The predicted octanol–water partition coefficient (Wildman–Crippen LogP) is 2.81. The van der Waals surface area contributed by atoms with Gasteiger partial charge in [-0.05, 0) is 49.6 Å². The van der Waals surface area contributed by atoms with Crippen LogP contribution in [0.4, 0.5) is 4.79 Å². The molecule has 112 valence electrons. The summed E-state index contributed by atoms with van der Waals surface area (Å²) < 4.78 is 5.14. The average molecular weight is 288 g/mol. The third-order valence-electron chi connectivity index (χ3n) is 3.18. The Bertz CT molecular complexity index is 549. The van der Waals surface area contributed by atoms with Gasteiger partial charge in [-0.25, -0.2) is 4.79 Å². The number of benzene rings is 1. The Labute approximate surface area is 124 Å². The summed E-state index contributed by atoms with van der Waals surface area (Å²) in [5, 5.41) is 14.8. The molecule has 2 aromatic rings. The van der Waals surface area contributed by atoms with Crippen LogP contribution in [0.3, 0.4) is 0 Å². The first kappa shape index (κ1) is 15.0. The molecule has 0 radical (unpaired) electrons. The highest BCUT2D eigenvalue weighted by atomic mass is 16.3. The molecule has 2 amide bonds. The van der Waals surface area contributed by atoms with Crippen LogP contribution in [0.5, 0.6) is 5.75 Å². The van der Waals surface area contributed by atoms with Crippen molar-refractivity contribution in [3.63, 3.8) is 0 Å². The molecule has 0 spiro atoms. The summed E-state index contributed by atoms with van der Waals surface area (Å²) >= 11 is 0. The van der Waals surface area contributed by atoms with Gasteiger partial charge in [0.25, 0.3) is 0 Å². The van der Waals surface area contributed by atoms with Crippen LogP contribution < -0.4 is 10.6 Å². The van der Waals surface area contributed by atoms with E-state index in [-0.39, 0.29) is 17.8 Å². The van der Waals surface area contributed by atoms with E-state index in [0.717, 1.165) is 24.2 Å². The summed E-state index contributed by atoms with van der Waals surface area (Å²) in [6, 6.07) is 10.6. The van der Waals surface area contributed by atoms with Crippen molar-refractivity contribution in [1.82, 2.24) is 10.6 Å². The fourth-order valence-electron chi connectivity index (χ4n) is 1.97. The van der Waals surface area contributed by atoms with Crippen LogP contribution in [-0.4, -0.2) is 17.2 Å². The molecule has 21 heavy (non-hydrogen) atoms. The van der Waals surface area contributed by atoms with Gasteiger partial charge in [-0.1, -0.05) is 12.1 Å². The maximum absolute atomic E-state index is 11.7. The number of rotatable bonds is 6. The minimum Gasteiger partial charge on any atom is -0.508 e. The maximum Gasteiger partial charge on any atom is 0.315 e. The Kier molecular flexibility index (Phi) is 5.26. The largest absolute Gasteiger partial charge is 0.508 e. The van der Waals surface area contributed by atoms with Crippen LogP contribution in [0.1, 0.15) is 24.7 Å². The normalized spacial score (nSPS) is 11.9. The van der Waals surface area contributed by atoms with Crippen LogP contribution in [0.15, 0.2) is 47.1 Å². The van der Waals surface area contributed by atoms with Crippen molar-refractivity contribution in [1.29, 1.82) is 0 Å². The number of urea groups is 1. The lowest BCUT2D eigenvalue weighted by Crippen LogP contribution is -2.40. The number of aromatic hydroxyl groups is 1. The molecule has 1 aromatic heterocycles. The van der Waals surface area contributed by atoms with Gasteiger partial charge in [-0.3, -0.25) is 0 Å². The van der Waals surface area contributed by atoms with Gasteiger partial charge >= 0.3 is 6.03 Å². The molecular weight excluding hydrogens is 268 g/mol. The molecule has 0 aliphatic carbocycles. The minimum absolute atomic E-state index is 0.0652. The van der Waals surface area contributed by atoms with E-state index in [2.05, 4.69) is 10.6 Å². The monoisotopic (exact) mass is 288 g/mol. The second-order valence-corrected chi connectivity index (χ2v) is 5.01. The number of carbonyl (C=O) groups is 1. The lowest BCUT2D eigenvalue weighted by molar-refractivity contribution is 0.236. The Hall–Kier alpha value is -2.43. The van der Waals surface area contributed by atoms with Gasteiger partial charge in [0, 0.05) is 6.04 Å². The lowest BCUT2D eigenvalue weighted by atomic mass is 10.1. The summed E-state index contributed by atoms with van der Waals surface area (Å²) in [5.74, 6) is 0.990. The van der Waals surface area contributed by atoms with Crippen LogP contribution in [0, 0.1) is 0 Å². The molecule has 0 saturated carbocycles. The van der Waals surface area contributed by atoms with Crippen LogP contribution >= 0.6 is 0 Å². The third kappa shape index (κ3) is 5.22. The number of aryl methyl sites for hydroxylation is 1. The summed E-state index contributed by atoms with van der Waals surface area (Å²) in [5.41, 5.74) is 1.14. The van der Waals surface area contributed by atoms with Crippen molar-refractivity contribution in [3.8, 4) is 5.75 Å². The van der Waals surface area contributed by atoms with E-state index >= 15 is 0 Å². The zero-order chi connectivity index (χ0) is 15.1. The molecule has 0 aliphatic rings. The van der Waals surface area contributed by atoms with Crippen molar-refractivity contribution in [3.05, 3.63) is 54.0 Å². The molecule has 1 aromatic carbocycles. The van der Waals surface area contributed by atoms with Crippen molar-refractivity contribution < 1.29 is 14.3 Å². The summed E-state index contributed by atoms with van der Waals surface area (Å²) in [4.78, 5) is 11.7. The second kappa shape index (κ2) is 7.38. The highest BCUT2D eigenvalue weighted by Gasteiger charge is 2.07. The number of hydrogen-bond donors (Lipinski definition) is 3. The molecule has 3 N–H and O–H groups in total. The Balaban J connectivity index is 1.67. The van der Waals surface area contributed by atoms with Gasteiger partial charge in [0.05, 0.1) is 12.8 Å². The van der Waals surface area contributed by atoms with Gasteiger partial charge in [-0.15, -0.1) is 0 Å². The third-order valence-corrected chi connectivity index (χ3v) is 3.18. The zero-order valence-corrected chi connectivity index (χ0v) is 12.0. The molecule has 0 fully saturated rings. The summed E-state index contributed by atoms with van der Waals surface area (Å²) in [6.07, 6.45) is 3.26. The SMILES string of the molecule is CC(CCc1ccc(O)cc1)NC(=O)NCc1ccco1. The number of phenolic OH excluding ortho intramolecular Hbond substituents is 1. The predicted molar refractivity (Wildman–Crippen MR) is 80.0 cm³/mol. The van der Waals surface area contributed by atoms with Gasteiger partial charge < -0.3 is 20.2 Å².